The minimum Gasteiger partial charge on any atom is -0.329 e. The third-order valence-electron chi connectivity index (χ3n) is 6.27. The maximum atomic E-state index is 14.0. The molecule has 3 aromatic rings. The monoisotopic (exact) mass is 707 g/mol. The highest BCUT2D eigenvalue weighted by Gasteiger charge is 2.52. The number of rotatable bonds is 7. The van der Waals surface area contributed by atoms with Crippen LogP contribution in [0.5, 0.6) is 0 Å². The van der Waals surface area contributed by atoms with Crippen LogP contribution < -0.4 is 17.2 Å². The van der Waals surface area contributed by atoms with E-state index in [4.69, 9.17) is 17.2 Å². The van der Waals surface area contributed by atoms with E-state index in [1.54, 1.807) is 12.1 Å². The van der Waals surface area contributed by atoms with Gasteiger partial charge in [0.25, 0.3) is 0 Å². The molecule has 3 atom stereocenters. The molecule has 0 aromatic heterocycles. The lowest BCUT2D eigenvalue weighted by atomic mass is 9.58. The molecule has 3 rings (SSSR count). The fraction of sp³-hybridized carbons (Fsp3) is 0.250. The Morgan fingerprint density at radius 2 is 1.42 bits per heavy atom. The Hall–Kier alpha value is -0.680. The van der Waals surface area contributed by atoms with E-state index < -0.39 is 22.8 Å². The van der Waals surface area contributed by atoms with Gasteiger partial charge in [-0.3, -0.25) is 0 Å². The maximum absolute atomic E-state index is 14.0. The van der Waals surface area contributed by atoms with Gasteiger partial charge < -0.3 is 17.2 Å². The summed E-state index contributed by atoms with van der Waals surface area (Å²) in [5.41, 5.74) is 20.7. The molecule has 3 aromatic carbocycles. The second-order valence-electron chi connectivity index (χ2n) is 8.18. The second kappa shape index (κ2) is 10.5. The summed E-state index contributed by atoms with van der Waals surface area (Å²) in [7, 11) is 0. The van der Waals surface area contributed by atoms with E-state index in [1.165, 1.54) is 24.3 Å². The van der Waals surface area contributed by atoms with Crippen molar-refractivity contribution in [3.8, 4) is 0 Å². The van der Waals surface area contributed by atoms with Gasteiger partial charge >= 0.3 is 0 Å². The van der Waals surface area contributed by atoms with Gasteiger partial charge in [0.1, 0.15) is 11.6 Å². The van der Waals surface area contributed by atoms with Gasteiger partial charge in [0, 0.05) is 35.9 Å². The molecule has 0 aliphatic rings. The Balaban J connectivity index is 2.25. The van der Waals surface area contributed by atoms with Crippen molar-refractivity contribution in [2.45, 2.75) is 30.3 Å². The van der Waals surface area contributed by atoms with E-state index in [0.29, 0.717) is 20.9 Å². The van der Waals surface area contributed by atoms with Crippen LogP contribution >= 0.6 is 63.7 Å². The molecule has 176 valence electrons. The van der Waals surface area contributed by atoms with Crippen molar-refractivity contribution >= 4 is 63.7 Å². The van der Waals surface area contributed by atoms with Gasteiger partial charge in [0.2, 0.25) is 0 Å². The Morgan fingerprint density at radius 1 is 0.818 bits per heavy atom. The highest BCUT2D eigenvalue weighted by Crippen LogP contribution is 2.47. The molecule has 0 heterocycles. The number of benzene rings is 3. The SMILES string of the molecule is CC(N)(c1ccc(Br)c(Br)c1)C(CN)(c1ccc(F)cc1Br)C(N)Cc1ccc(F)cc1Br. The molecule has 3 unspecified atom stereocenters. The summed E-state index contributed by atoms with van der Waals surface area (Å²) in [5.74, 6) is -0.745. The van der Waals surface area contributed by atoms with Crippen LogP contribution in [0.15, 0.2) is 72.5 Å². The first kappa shape index (κ1) is 26.9. The summed E-state index contributed by atoms with van der Waals surface area (Å²) in [6, 6.07) is 14.0. The predicted molar refractivity (Wildman–Crippen MR) is 144 cm³/mol. The number of hydrogen-bond acceptors (Lipinski definition) is 3. The van der Waals surface area contributed by atoms with E-state index in [0.717, 1.165) is 20.1 Å². The van der Waals surface area contributed by atoms with Crippen molar-refractivity contribution in [1.29, 1.82) is 0 Å². The molecule has 0 bridgehead atoms. The molecule has 0 aliphatic heterocycles. The number of halogens is 6. The Labute approximate surface area is 226 Å². The van der Waals surface area contributed by atoms with Crippen LogP contribution in [0.3, 0.4) is 0 Å². The molecule has 0 radical (unpaired) electrons. The number of hydrogen-bond donors (Lipinski definition) is 3. The summed E-state index contributed by atoms with van der Waals surface area (Å²) < 4.78 is 30.5. The standard InChI is InChI=1S/C24H23Br4F2N3/c1-23(33,14-3-7-18(25)21(28)9-14)24(12-31,17-6-5-16(30)11-20(17)27)22(32)8-13-2-4-15(29)10-19(13)26/h2-7,9-11,22H,8,12,31-33H2,1H3. The molecule has 0 amide bonds. The quantitative estimate of drug-likeness (QED) is 0.257. The molecule has 33 heavy (non-hydrogen) atoms. The zero-order valence-corrected chi connectivity index (χ0v) is 24.0. The van der Waals surface area contributed by atoms with Crippen molar-refractivity contribution < 1.29 is 8.78 Å². The van der Waals surface area contributed by atoms with Crippen molar-refractivity contribution in [2.24, 2.45) is 17.2 Å². The van der Waals surface area contributed by atoms with Crippen molar-refractivity contribution in [3.05, 3.63) is 101 Å². The first-order chi connectivity index (χ1) is 15.4. The van der Waals surface area contributed by atoms with Crippen LogP contribution in [0.2, 0.25) is 0 Å². The van der Waals surface area contributed by atoms with Gasteiger partial charge in [-0.1, -0.05) is 50.1 Å². The maximum Gasteiger partial charge on any atom is 0.124 e. The molecule has 3 nitrogen and oxygen atoms in total. The molecule has 0 saturated heterocycles. The summed E-state index contributed by atoms with van der Waals surface area (Å²) in [4.78, 5) is 0. The van der Waals surface area contributed by atoms with Crippen LogP contribution in [0.25, 0.3) is 0 Å². The lowest BCUT2D eigenvalue weighted by molar-refractivity contribution is 0.195. The second-order valence-corrected chi connectivity index (χ2v) is 11.6. The first-order valence-corrected chi connectivity index (χ1v) is 13.2. The normalized spacial score (nSPS) is 16.2. The van der Waals surface area contributed by atoms with Crippen LogP contribution in [0.1, 0.15) is 23.6 Å². The average Bonchev–Trinajstić information content (AvgIpc) is 2.74. The molecule has 0 fully saturated rings. The zero-order valence-electron chi connectivity index (χ0n) is 17.7. The smallest absolute Gasteiger partial charge is 0.124 e. The summed E-state index contributed by atoms with van der Waals surface area (Å²) in [6.07, 6.45) is 0.354. The van der Waals surface area contributed by atoms with E-state index in [1.807, 2.05) is 25.1 Å². The summed E-state index contributed by atoms with van der Waals surface area (Å²) in [5, 5.41) is 0. The predicted octanol–water partition coefficient (Wildman–Crippen LogP) is 6.66. The minimum absolute atomic E-state index is 0.0812. The molecule has 0 spiro atoms. The zero-order chi connectivity index (χ0) is 24.6. The Bertz CT molecular complexity index is 1170. The van der Waals surface area contributed by atoms with Gasteiger partial charge in [0.05, 0.1) is 5.54 Å². The van der Waals surface area contributed by atoms with Gasteiger partial charge in [-0.05, 0) is 98.3 Å². The van der Waals surface area contributed by atoms with Gasteiger partial charge in [-0.25, -0.2) is 8.78 Å². The van der Waals surface area contributed by atoms with Gasteiger partial charge in [-0.2, -0.15) is 0 Å². The topological polar surface area (TPSA) is 78.1 Å². The van der Waals surface area contributed by atoms with Crippen LogP contribution in [-0.4, -0.2) is 12.6 Å². The van der Waals surface area contributed by atoms with Crippen molar-refractivity contribution in [3.63, 3.8) is 0 Å². The molecule has 0 aliphatic carbocycles. The molecule has 9 heteroatoms. The molecule has 6 N–H and O–H groups in total. The summed E-state index contributed by atoms with van der Waals surface area (Å²) >= 11 is 14.0. The third-order valence-corrected chi connectivity index (χ3v) is 9.54. The summed E-state index contributed by atoms with van der Waals surface area (Å²) in [6.45, 7) is 1.96. The third kappa shape index (κ3) is 5.15. The van der Waals surface area contributed by atoms with E-state index in [9.17, 15) is 8.78 Å². The lowest BCUT2D eigenvalue weighted by Crippen LogP contribution is -2.66. The Morgan fingerprint density at radius 3 is 1.97 bits per heavy atom. The van der Waals surface area contributed by atoms with Crippen LogP contribution in [0, 0.1) is 11.6 Å². The van der Waals surface area contributed by atoms with Gasteiger partial charge in [-0.15, -0.1) is 0 Å². The largest absolute Gasteiger partial charge is 0.329 e. The highest BCUT2D eigenvalue weighted by molar-refractivity contribution is 9.13. The fourth-order valence-electron chi connectivity index (χ4n) is 4.36. The highest BCUT2D eigenvalue weighted by atomic mass is 79.9. The molecular weight excluding hydrogens is 688 g/mol. The lowest BCUT2D eigenvalue weighted by Gasteiger charge is -2.51. The molecular formula is C24H23Br4F2N3. The van der Waals surface area contributed by atoms with Crippen LogP contribution in [0.4, 0.5) is 8.78 Å². The number of nitrogens with two attached hydrogens (primary N) is 3. The van der Waals surface area contributed by atoms with Gasteiger partial charge in [0.15, 0.2) is 0 Å². The van der Waals surface area contributed by atoms with E-state index >= 15 is 0 Å². The Kier molecular flexibility index (Phi) is 8.58. The van der Waals surface area contributed by atoms with Crippen LogP contribution in [-0.2, 0) is 17.4 Å². The van der Waals surface area contributed by atoms with E-state index in [-0.39, 0.29) is 12.4 Å². The average molecular weight is 711 g/mol. The fourth-order valence-corrected chi connectivity index (χ4v) is 6.21. The van der Waals surface area contributed by atoms with Crippen molar-refractivity contribution in [1.82, 2.24) is 0 Å². The minimum atomic E-state index is -1.07. The molecule has 0 saturated carbocycles. The van der Waals surface area contributed by atoms with Crippen molar-refractivity contribution in [2.75, 3.05) is 6.54 Å². The first-order valence-electron chi connectivity index (χ1n) is 10.0. The van der Waals surface area contributed by atoms with E-state index in [2.05, 4.69) is 63.7 Å².